The third-order valence-corrected chi connectivity index (χ3v) is 0.788. The van der Waals surface area contributed by atoms with E-state index < -0.39 is 30.9 Å². The van der Waals surface area contributed by atoms with Crippen molar-refractivity contribution in [3.8, 4) is 0 Å². The lowest BCUT2D eigenvalue weighted by atomic mass is 10.2. The number of urea groups is 1. The third-order valence-electron chi connectivity index (χ3n) is 0.788. The lowest BCUT2D eigenvalue weighted by molar-refractivity contribution is -0.121. The van der Waals surface area contributed by atoms with Crippen molar-refractivity contribution in [3.63, 3.8) is 0 Å². The van der Waals surface area contributed by atoms with Crippen LogP contribution in [0.1, 0.15) is 12.3 Å². The van der Waals surface area contributed by atoms with Crippen LogP contribution in [-0.4, -0.2) is 18.1 Å². The van der Waals surface area contributed by atoms with Crippen molar-refractivity contribution < 1.29 is 15.1 Å². The van der Waals surface area contributed by atoms with Crippen LogP contribution in [0.3, 0.4) is 0 Å². The highest BCUT2D eigenvalue weighted by Crippen LogP contribution is 1.95. The SMILES string of the molecule is [2H]C1=NC(=O)NC(=O)C1C([2H])([2H])[2H]. The minimum Gasteiger partial charge on any atom is -0.276 e. The number of nitrogens with zero attached hydrogens (tertiary/aromatic N) is 1. The van der Waals surface area contributed by atoms with Gasteiger partial charge in [-0.2, -0.15) is 0 Å². The van der Waals surface area contributed by atoms with Gasteiger partial charge in [-0.05, 0) is 6.85 Å². The molecule has 48 valence electrons. The van der Waals surface area contributed by atoms with Gasteiger partial charge in [0.25, 0.3) is 0 Å². The van der Waals surface area contributed by atoms with Gasteiger partial charge < -0.3 is 0 Å². The summed E-state index contributed by atoms with van der Waals surface area (Å²) in [7, 11) is 0. The normalized spacial score (nSPS) is 35.1. The smallest absolute Gasteiger partial charge is 0.276 e. The molecule has 4 nitrogen and oxygen atoms in total. The Morgan fingerprint density at radius 3 is 3.33 bits per heavy atom. The van der Waals surface area contributed by atoms with Crippen molar-refractivity contribution in [2.45, 2.75) is 6.85 Å². The van der Waals surface area contributed by atoms with Gasteiger partial charge in [0.15, 0.2) is 0 Å². The minimum absolute atomic E-state index is 0.714. The van der Waals surface area contributed by atoms with Crippen molar-refractivity contribution in [3.05, 3.63) is 0 Å². The summed E-state index contributed by atoms with van der Waals surface area (Å²) >= 11 is 0. The summed E-state index contributed by atoms with van der Waals surface area (Å²) < 4.78 is 27.8. The summed E-state index contributed by atoms with van der Waals surface area (Å²) in [4.78, 5) is 24.5. The molecular formula is C5H6N2O2. The summed E-state index contributed by atoms with van der Waals surface area (Å²) in [5.74, 6) is -2.63. The molecule has 1 aliphatic rings. The van der Waals surface area contributed by atoms with Gasteiger partial charge in [-0.15, -0.1) is 0 Å². The molecule has 0 spiro atoms. The standard InChI is InChI=1S/C5H6N2O2/c1-3-2-6-5(9)7-4(3)8/h2-3H,1H3,(H,7,8,9)/i1D3,2D. The summed E-state index contributed by atoms with van der Waals surface area (Å²) in [6, 6.07) is -0.990. The Bertz CT molecular complexity index is 295. The van der Waals surface area contributed by atoms with E-state index in [-0.39, 0.29) is 0 Å². The molecule has 0 bridgehead atoms. The molecule has 0 saturated carbocycles. The molecule has 0 aliphatic carbocycles. The van der Waals surface area contributed by atoms with Crippen LogP contribution in [-0.2, 0) is 4.79 Å². The summed E-state index contributed by atoms with van der Waals surface area (Å²) in [5.41, 5.74) is 0. The lowest BCUT2D eigenvalue weighted by Crippen LogP contribution is -2.37. The quantitative estimate of drug-likeness (QED) is 0.499. The molecule has 0 aromatic carbocycles. The van der Waals surface area contributed by atoms with Crippen molar-refractivity contribution in [2.75, 3.05) is 0 Å². The molecule has 0 aromatic rings. The highest BCUT2D eigenvalue weighted by Gasteiger charge is 2.17. The predicted molar refractivity (Wildman–Crippen MR) is 31.2 cm³/mol. The molecule has 1 N–H and O–H groups in total. The predicted octanol–water partition coefficient (Wildman–Crippen LogP) is -0.0569. The lowest BCUT2D eigenvalue weighted by Gasteiger charge is -2.08. The second kappa shape index (κ2) is 1.97. The molecule has 0 aromatic heterocycles. The Morgan fingerprint density at radius 2 is 2.78 bits per heavy atom. The fourth-order valence-corrected chi connectivity index (χ4v) is 0.387. The van der Waals surface area contributed by atoms with Gasteiger partial charge in [0.2, 0.25) is 5.91 Å². The van der Waals surface area contributed by atoms with Gasteiger partial charge >= 0.3 is 6.03 Å². The van der Waals surface area contributed by atoms with Crippen LogP contribution in [0, 0.1) is 5.92 Å². The van der Waals surface area contributed by atoms with Gasteiger partial charge in [0.05, 0.1) is 7.29 Å². The number of hydrogen-bond acceptors (Lipinski definition) is 2. The minimum atomic E-state index is -2.63. The van der Waals surface area contributed by atoms with E-state index in [1.807, 2.05) is 0 Å². The molecule has 1 heterocycles. The molecule has 0 fully saturated rings. The third kappa shape index (κ3) is 1.13. The second-order valence-electron chi connectivity index (χ2n) is 1.47. The number of amides is 3. The average molecular weight is 130 g/mol. The van der Waals surface area contributed by atoms with E-state index >= 15 is 0 Å². The van der Waals surface area contributed by atoms with E-state index in [9.17, 15) is 9.59 Å². The van der Waals surface area contributed by atoms with E-state index in [4.69, 9.17) is 5.48 Å². The Kier molecular flexibility index (Phi) is 0.568. The van der Waals surface area contributed by atoms with Crippen LogP contribution in [0.4, 0.5) is 4.79 Å². The van der Waals surface area contributed by atoms with Crippen LogP contribution in [0.15, 0.2) is 4.99 Å². The summed E-state index contributed by atoms with van der Waals surface area (Å²) in [5, 5.41) is 1.72. The molecular weight excluding hydrogens is 120 g/mol. The van der Waals surface area contributed by atoms with Crippen LogP contribution < -0.4 is 5.32 Å². The molecule has 9 heavy (non-hydrogen) atoms. The molecule has 0 saturated heterocycles. The van der Waals surface area contributed by atoms with Crippen molar-refractivity contribution >= 4 is 18.1 Å². The van der Waals surface area contributed by atoms with E-state index in [0.717, 1.165) is 0 Å². The zero-order valence-electron chi connectivity index (χ0n) is 8.34. The molecule has 3 amide bonds. The zero-order chi connectivity index (χ0) is 10.2. The Balaban J connectivity index is 3.04. The number of carbonyl (C=O) groups excluding carboxylic acids is 2. The largest absolute Gasteiger partial charge is 0.347 e. The number of aliphatic imine (C=N–C) groups is 1. The highest BCUT2D eigenvalue weighted by atomic mass is 16.2. The number of nitrogens with one attached hydrogen (secondary N) is 1. The van der Waals surface area contributed by atoms with E-state index in [0.29, 0.717) is 0 Å². The second-order valence-corrected chi connectivity index (χ2v) is 1.47. The Morgan fingerprint density at radius 1 is 2.00 bits per heavy atom. The maximum Gasteiger partial charge on any atom is 0.347 e. The maximum atomic E-state index is 11.0. The van der Waals surface area contributed by atoms with Crippen LogP contribution >= 0.6 is 0 Å². The van der Waals surface area contributed by atoms with Crippen molar-refractivity contribution in [2.24, 2.45) is 10.9 Å². The summed E-state index contributed by atoms with van der Waals surface area (Å²) in [6.45, 7) is -2.63. The molecule has 1 aliphatic heterocycles. The topological polar surface area (TPSA) is 58.5 Å². The first-order chi connectivity index (χ1) is 5.82. The average Bonchev–Trinajstić information content (AvgIpc) is 1.78. The first-order valence-electron chi connectivity index (χ1n) is 4.22. The number of rotatable bonds is 0. The van der Waals surface area contributed by atoms with Crippen molar-refractivity contribution in [1.82, 2.24) is 5.32 Å². The van der Waals surface area contributed by atoms with Gasteiger partial charge in [0, 0.05) is 10.3 Å². The van der Waals surface area contributed by atoms with Crippen LogP contribution in [0.5, 0.6) is 0 Å². The Hall–Kier alpha value is -1.19. The van der Waals surface area contributed by atoms with Gasteiger partial charge in [-0.25, -0.2) is 9.79 Å². The van der Waals surface area contributed by atoms with Gasteiger partial charge in [-0.1, -0.05) is 0 Å². The highest BCUT2D eigenvalue weighted by molar-refractivity contribution is 6.08. The molecule has 1 rings (SSSR count). The van der Waals surface area contributed by atoms with Gasteiger partial charge in [-0.3, -0.25) is 10.1 Å². The summed E-state index contributed by atoms with van der Waals surface area (Å²) in [6.07, 6.45) is -0.714. The first kappa shape index (κ1) is 2.60. The van der Waals surface area contributed by atoms with Crippen LogP contribution in [0.2, 0.25) is 0 Å². The fraction of sp³-hybridized carbons (Fsp3) is 0.400. The number of imide groups is 1. The van der Waals surface area contributed by atoms with E-state index in [2.05, 4.69) is 4.99 Å². The zero-order valence-corrected chi connectivity index (χ0v) is 4.34. The van der Waals surface area contributed by atoms with Gasteiger partial charge in [0.1, 0.15) is 0 Å². The molecule has 0 radical (unpaired) electrons. The monoisotopic (exact) mass is 130 g/mol. The maximum absolute atomic E-state index is 11.0. The van der Waals surface area contributed by atoms with Crippen molar-refractivity contribution in [1.29, 1.82) is 0 Å². The van der Waals surface area contributed by atoms with Crippen LogP contribution in [0.25, 0.3) is 0 Å². The first-order valence-corrected chi connectivity index (χ1v) is 2.22. The Labute approximate surface area is 57.6 Å². The fourth-order valence-electron chi connectivity index (χ4n) is 0.387. The number of hydrogen-bond donors (Lipinski definition) is 1. The van der Waals surface area contributed by atoms with E-state index in [1.54, 1.807) is 5.32 Å². The number of carbonyl (C=O) groups is 2. The van der Waals surface area contributed by atoms with E-state index in [1.165, 1.54) is 0 Å². The molecule has 4 heteroatoms. The molecule has 1 unspecified atom stereocenters. The molecule has 1 atom stereocenters.